The molecule has 1 N–H and O–H groups in total. The van der Waals surface area contributed by atoms with Crippen molar-refractivity contribution in [1.82, 2.24) is 24.8 Å². The van der Waals surface area contributed by atoms with Crippen molar-refractivity contribution in [2.24, 2.45) is 0 Å². The van der Waals surface area contributed by atoms with Crippen molar-refractivity contribution in [3.05, 3.63) is 52.3 Å². The topological polar surface area (TPSA) is 62.5 Å². The van der Waals surface area contributed by atoms with E-state index in [4.69, 9.17) is 0 Å². The van der Waals surface area contributed by atoms with Crippen molar-refractivity contribution in [2.75, 3.05) is 13.6 Å². The molecular weight excluding hydrogens is 334 g/mol. The maximum atomic E-state index is 12.6. The highest BCUT2D eigenvalue weighted by molar-refractivity contribution is 7.16. The summed E-state index contributed by atoms with van der Waals surface area (Å²) in [6, 6.07) is 8.25. The van der Waals surface area contributed by atoms with Gasteiger partial charge < -0.3 is 5.32 Å². The number of amides is 1. The Labute approximate surface area is 150 Å². The Morgan fingerprint density at radius 2 is 2.16 bits per heavy atom. The monoisotopic (exact) mass is 355 g/mol. The zero-order valence-electron chi connectivity index (χ0n) is 14.4. The molecule has 1 aliphatic rings. The predicted molar refractivity (Wildman–Crippen MR) is 97.7 cm³/mol. The van der Waals surface area contributed by atoms with Gasteiger partial charge in [-0.05, 0) is 31.5 Å². The Bertz CT molecular complexity index is 884. The quantitative estimate of drug-likeness (QED) is 0.775. The van der Waals surface area contributed by atoms with Gasteiger partial charge in [0.25, 0.3) is 0 Å². The highest BCUT2D eigenvalue weighted by Gasteiger charge is 2.28. The van der Waals surface area contributed by atoms with Crippen LogP contribution in [-0.4, -0.2) is 45.0 Å². The van der Waals surface area contributed by atoms with Crippen LogP contribution in [0.1, 0.15) is 21.8 Å². The molecular formula is C18H21N5OS. The fourth-order valence-corrected chi connectivity index (χ4v) is 4.09. The number of carbonyl (C=O) groups excluding carboxylic acids is 1. The Morgan fingerprint density at radius 3 is 2.96 bits per heavy atom. The summed E-state index contributed by atoms with van der Waals surface area (Å²) in [6.45, 7) is 3.38. The van der Waals surface area contributed by atoms with E-state index in [1.807, 2.05) is 30.8 Å². The summed E-state index contributed by atoms with van der Waals surface area (Å²) in [6.07, 6.45) is 3.42. The Kier molecular flexibility index (Phi) is 4.27. The van der Waals surface area contributed by atoms with Crippen molar-refractivity contribution in [3.8, 4) is 0 Å². The van der Waals surface area contributed by atoms with Gasteiger partial charge in [-0.3, -0.25) is 9.69 Å². The molecule has 3 aromatic rings. The molecule has 1 atom stereocenters. The molecule has 7 heteroatoms. The lowest BCUT2D eigenvalue weighted by Gasteiger charge is -2.33. The lowest BCUT2D eigenvalue weighted by Crippen LogP contribution is -2.48. The Hall–Kier alpha value is -2.25. The van der Waals surface area contributed by atoms with Crippen LogP contribution in [0.15, 0.2) is 30.5 Å². The zero-order valence-corrected chi connectivity index (χ0v) is 15.2. The molecule has 0 saturated carbocycles. The fraction of sp³-hybridized carbons (Fsp3) is 0.389. The molecule has 2 aromatic heterocycles. The standard InChI is InChI=1S/C18H21N5OS/c1-12-21-23-11-15(20-18(23)25-12)7-8-19-17(24)16-9-13-5-3-4-6-14(13)10-22(16)2/h3-6,11,16H,7-10H2,1-2H3,(H,19,24). The second-order valence-corrected chi connectivity index (χ2v) is 7.69. The van der Waals surface area contributed by atoms with E-state index >= 15 is 0 Å². The number of fused-ring (bicyclic) bond motifs is 2. The normalized spacial score (nSPS) is 17.6. The number of carbonyl (C=O) groups is 1. The number of aryl methyl sites for hydroxylation is 1. The van der Waals surface area contributed by atoms with Crippen molar-refractivity contribution in [2.45, 2.75) is 32.4 Å². The molecule has 0 bridgehead atoms. The van der Waals surface area contributed by atoms with Gasteiger partial charge in [-0.15, -0.1) is 0 Å². The van der Waals surface area contributed by atoms with Crippen molar-refractivity contribution in [3.63, 3.8) is 0 Å². The molecule has 3 heterocycles. The van der Waals surface area contributed by atoms with E-state index in [0.717, 1.165) is 28.6 Å². The van der Waals surface area contributed by atoms with E-state index < -0.39 is 0 Å². The third kappa shape index (κ3) is 3.29. The first-order valence-corrected chi connectivity index (χ1v) is 9.28. The summed E-state index contributed by atoms with van der Waals surface area (Å²) in [5, 5.41) is 8.43. The smallest absolute Gasteiger partial charge is 0.237 e. The van der Waals surface area contributed by atoms with Crippen LogP contribution in [-0.2, 0) is 24.2 Å². The average molecular weight is 355 g/mol. The summed E-state index contributed by atoms with van der Waals surface area (Å²) >= 11 is 1.58. The first-order valence-electron chi connectivity index (χ1n) is 8.46. The summed E-state index contributed by atoms with van der Waals surface area (Å²) in [5.41, 5.74) is 3.55. The van der Waals surface area contributed by atoms with Crippen molar-refractivity contribution in [1.29, 1.82) is 0 Å². The lowest BCUT2D eigenvalue weighted by atomic mass is 9.94. The van der Waals surface area contributed by atoms with Crippen LogP contribution in [0.2, 0.25) is 0 Å². The SMILES string of the molecule is Cc1nn2cc(CCNC(=O)C3Cc4ccccc4CN3C)nc2s1. The molecule has 0 saturated heterocycles. The highest BCUT2D eigenvalue weighted by Crippen LogP contribution is 2.22. The number of nitrogens with zero attached hydrogens (tertiary/aromatic N) is 4. The number of rotatable bonds is 4. The average Bonchev–Trinajstić information content (AvgIpc) is 3.10. The van der Waals surface area contributed by atoms with Crippen molar-refractivity contribution < 1.29 is 4.79 Å². The van der Waals surface area contributed by atoms with Gasteiger partial charge in [-0.25, -0.2) is 9.50 Å². The maximum Gasteiger partial charge on any atom is 0.237 e. The minimum Gasteiger partial charge on any atom is -0.354 e. The molecule has 1 aliphatic heterocycles. The van der Waals surface area contributed by atoms with Crippen LogP contribution in [0, 0.1) is 6.92 Å². The zero-order chi connectivity index (χ0) is 17.4. The molecule has 0 spiro atoms. The Balaban J connectivity index is 1.35. The molecule has 25 heavy (non-hydrogen) atoms. The fourth-order valence-electron chi connectivity index (χ4n) is 3.34. The van der Waals surface area contributed by atoms with Gasteiger partial charge in [0, 0.05) is 19.5 Å². The second kappa shape index (κ2) is 6.57. The van der Waals surface area contributed by atoms with E-state index in [2.05, 4.69) is 38.5 Å². The van der Waals surface area contributed by atoms with Gasteiger partial charge in [0.2, 0.25) is 10.9 Å². The number of hydrogen-bond donors (Lipinski definition) is 1. The van der Waals surface area contributed by atoms with Gasteiger partial charge in [-0.2, -0.15) is 5.10 Å². The predicted octanol–water partition coefficient (Wildman–Crippen LogP) is 1.81. The third-order valence-corrected chi connectivity index (χ3v) is 5.50. The second-order valence-electron chi connectivity index (χ2n) is 6.53. The first kappa shape index (κ1) is 16.2. The van der Waals surface area contributed by atoms with Crippen LogP contribution in [0.3, 0.4) is 0 Å². The number of benzene rings is 1. The Morgan fingerprint density at radius 1 is 1.36 bits per heavy atom. The number of imidazole rings is 1. The van der Waals surface area contributed by atoms with Crippen molar-refractivity contribution >= 4 is 22.2 Å². The third-order valence-electron chi connectivity index (χ3n) is 4.66. The summed E-state index contributed by atoms with van der Waals surface area (Å²) in [5.74, 6) is 0.0898. The van der Waals surface area contributed by atoms with Crippen LogP contribution in [0.4, 0.5) is 0 Å². The van der Waals surface area contributed by atoms with Gasteiger partial charge in [0.15, 0.2) is 0 Å². The molecule has 1 aromatic carbocycles. The van der Waals surface area contributed by atoms with Gasteiger partial charge in [-0.1, -0.05) is 35.6 Å². The summed E-state index contributed by atoms with van der Waals surface area (Å²) < 4.78 is 1.81. The molecule has 0 fully saturated rings. The minimum atomic E-state index is -0.107. The highest BCUT2D eigenvalue weighted by atomic mass is 32.1. The molecule has 0 radical (unpaired) electrons. The van der Waals surface area contributed by atoms with E-state index in [-0.39, 0.29) is 11.9 Å². The number of hydrogen-bond acceptors (Lipinski definition) is 5. The van der Waals surface area contributed by atoms with E-state index in [0.29, 0.717) is 13.0 Å². The van der Waals surface area contributed by atoms with E-state index in [9.17, 15) is 4.79 Å². The lowest BCUT2D eigenvalue weighted by molar-refractivity contribution is -0.126. The molecule has 130 valence electrons. The van der Waals surface area contributed by atoms with Crippen LogP contribution >= 0.6 is 11.3 Å². The van der Waals surface area contributed by atoms with Gasteiger partial charge in [0.05, 0.1) is 17.9 Å². The van der Waals surface area contributed by atoms with Crippen LogP contribution in [0.25, 0.3) is 4.96 Å². The summed E-state index contributed by atoms with van der Waals surface area (Å²) in [7, 11) is 2.01. The van der Waals surface area contributed by atoms with Crippen LogP contribution in [0.5, 0.6) is 0 Å². The number of aromatic nitrogens is 3. The largest absolute Gasteiger partial charge is 0.354 e. The molecule has 1 amide bonds. The summed E-state index contributed by atoms with van der Waals surface area (Å²) in [4.78, 5) is 20.2. The number of likely N-dealkylation sites (N-methyl/N-ethyl adjacent to an activating group) is 1. The molecule has 6 nitrogen and oxygen atoms in total. The maximum absolute atomic E-state index is 12.6. The van der Waals surface area contributed by atoms with Gasteiger partial charge in [0.1, 0.15) is 5.01 Å². The van der Waals surface area contributed by atoms with E-state index in [1.165, 1.54) is 11.1 Å². The van der Waals surface area contributed by atoms with Gasteiger partial charge >= 0.3 is 0 Å². The molecule has 0 aliphatic carbocycles. The first-order chi connectivity index (χ1) is 12.1. The molecule has 4 rings (SSSR count). The minimum absolute atomic E-state index is 0.0898. The number of nitrogens with one attached hydrogen (secondary N) is 1. The molecule has 1 unspecified atom stereocenters. The van der Waals surface area contributed by atoms with Crippen LogP contribution < -0.4 is 5.32 Å². The van der Waals surface area contributed by atoms with E-state index in [1.54, 1.807) is 11.3 Å².